The fourth-order valence-electron chi connectivity index (χ4n) is 3.26. The number of ether oxygens (including phenoxy) is 1. The number of benzene rings is 3. The van der Waals surface area contributed by atoms with E-state index in [-0.39, 0.29) is 27.3 Å². The zero-order valence-corrected chi connectivity index (χ0v) is 19.6. The molecule has 180 valence electrons. The summed E-state index contributed by atoms with van der Waals surface area (Å²) in [7, 11) is 0. The molecule has 0 fully saturated rings. The van der Waals surface area contributed by atoms with Crippen molar-refractivity contribution in [3.8, 4) is 16.9 Å². The Labute approximate surface area is 211 Å². The fourth-order valence-corrected chi connectivity index (χ4v) is 3.69. The molecule has 0 bridgehead atoms. The van der Waals surface area contributed by atoms with Crippen LogP contribution in [-0.2, 0) is 11.0 Å². The number of hydrogen-bond acceptors (Lipinski definition) is 4. The monoisotopic (exact) mass is 541 g/mol. The Morgan fingerprint density at radius 1 is 0.943 bits per heavy atom. The molecular formula is C24H13Cl3F3NO4. The molecule has 5 nitrogen and oxygen atoms in total. The van der Waals surface area contributed by atoms with E-state index in [1.807, 2.05) is 0 Å². The fraction of sp³-hybridized carbons (Fsp3) is 0.0833. The van der Waals surface area contributed by atoms with Gasteiger partial charge in [-0.3, -0.25) is 9.59 Å². The van der Waals surface area contributed by atoms with Gasteiger partial charge in [-0.2, -0.15) is 13.2 Å². The molecule has 0 saturated carbocycles. The standard InChI is InChI=1S/C24H13Cl3F3NO4/c25-13-3-1-12(2-4-13)21-22(33)16-7-6-15(10-19(16)35-23(21)24(28,29)30)34-11-20(32)31-14-5-8-17(26)18(27)9-14/h1-10H,11H2,(H,31,32). The molecule has 3 aromatic carbocycles. The van der Waals surface area contributed by atoms with Gasteiger partial charge in [0.2, 0.25) is 11.2 Å². The number of anilines is 1. The van der Waals surface area contributed by atoms with Gasteiger partial charge in [0.15, 0.2) is 6.61 Å². The van der Waals surface area contributed by atoms with Gasteiger partial charge in [-0.1, -0.05) is 46.9 Å². The maximum Gasteiger partial charge on any atom is 0.450 e. The lowest BCUT2D eigenvalue weighted by Gasteiger charge is -2.13. The Hall–Kier alpha value is -3.20. The molecule has 35 heavy (non-hydrogen) atoms. The first-order valence-corrected chi connectivity index (χ1v) is 11.0. The molecule has 4 aromatic rings. The largest absolute Gasteiger partial charge is 0.484 e. The van der Waals surface area contributed by atoms with Crippen LogP contribution in [0.15, 0.2) is 69.9 Å². The van der Waals surface area contributed by atoms with E-state index < -0.39 is 35.4 Å². The molecule has 1 amide bonds. The molecule has 11 heteroatoms. The van der Waals surface area contributed by atoms with Crippen LogP contribution in [-0.4, -0.2) is 12.5 Å². The SMILES string of the molecule is O=C(COc1ccc2c(=O)c(-c3ccc(Cl)cc3)c(C(F)(F)F)oc2c1)Nc1ccc(Cl)c(Cl)c1. The molecule has 1 N–H and O–H groups in total. The summed E-state index contributed by atoms with van der Waals surface area (Å²) in [5.41, 5.74) is -1.46. The molecule has 0 radical (unpaired) electrons. The maximum atomic E-state index is 13.8. The highest BCUT2D eigenvalue weighted by Gasteiger charge is 2.39. The number of hydrogen-bond donors (Lipinski definition) is 1. The summed E-state index contributed by atoms with van der Waals surface area (Å²) in [5.74, 6) is -1.98. The zero-order chi connectivity index (χ0) is 25.3. The number of carbonyl (C=O) groups excluding carboxylic acids is 1. The van der Waals surface area contributed by atoms with Crippen molar-refractivity contribution in [2.24, 2.45) is 0 Å². The Balaban J connectivity index is 1.62. The zero-order valence-electron chi connectivity index (χ0n) is 17.4. The summed E-state index contributed by atoms with van der Waals surface area (Å²) in [4.78, 5) is 25.2. The lowest BCUT2D eigenvalue weighted by molar-refractivity contribution is -0.152. The molecule has 0 aliphatic heterocycles. The molecule has 0 aliphatic carbocycles. The average molecular weight is 543 g/mol. The van der Waals surface area contributed by atoms with Crippen LogP contribution in [0, 0.1) is 0 Å². The minimum Gasteiger partial charge on any atom is -0.484 e. The van der Waals surface area contributed by atoms with Gasteiger partial charge < -0.3 is 14.5 Å². The Kier molecular flexibility index (Phi) is 6.98. The molecule has 0 aliphatic rings. The summed E-state index contributed by atoms with van der Waals surface area (Å²) in [6.07, 6.45) is -4.95. The van der Waals surface area contributed by atoms with E-state index in [2.05, 4.69) is 5.32 Å². The summed E-state index contributed by atoms with van der Waals surface area (Å²) >= 11 is 17.5. The topological polar surface area (TPSA) is 68.5 Å². The number of amides is 1. The second-order valence-corrected chi connectivity index (χ2v) is 8.51. The highest BCUT2D eigenvalue weighted by atomic mass is 35.5. The van der Waals surface area contributed by atoms with Crippen LogP contribution in [0.2, 0.25) is 15.1 Å². The molecule has 4 rings (SSSR count). The number of fused-ring (bicyclic) bond motifs is 1. The quantitative estimate of drug-likeness (QED) is 0.284. The van der Waals surface area contributed by atoms with Gasteiger partial charge in [0.1, 0.15) is 11.3 Å². The van der Waals surface area contributed by atoms with Crippen molar-refractivity contribution >= 4 is 57.4 Å². The van der Waals surface area contributed by atoms with Crippen molar-refractivity contribution in [1.82, 2.24) is 0 Å². The first-order chi connectivity index (χ1) is 16.5. The number of alkyl halides is 3. The van der Waals surface area contributed by atoms with Gasteiger partial charge in [0.05, 0.1) is 21.0 Å². The third-order valence-electron chi connectivity index (χ3n) is 4.83. The van der Waals surface area contributed by atoms with Crippen LogP contribution in [0.1, 0.15) is 5.76 Å². The van der Waals surface area contributed by atoms with E-state index >= 15 is 0 Å². The lowest BCUT2D eigenvalue weighted by atomic mass is 10.0. The summed E-state index contributed by atoms with van der Waals surface area (Å²) in [5, 5.41) is 3.32. The van der Waals surface area contributed by atoms with Crippen LogP contribution in [0.25, 0.3) is 22.1 Å². The van der Waals surface area contributed by atoms with Crippen LogP contribution in [0.4, 0.5) is 18.9 Å². The second kappa shape index (κ2) is 9.81. The smallest absolute Gasteiger partial charge is 0.450 e. The van der Waals surface area contributed by atoms with Crippen molar-refractivity contribution in [2.45, 2.75) is 6.18 Å². The van der Waals surface area contributed by atoms with Gasteiger partial charge in [0.25, 0.3) is 5.91 Å². The van der Waals surface area contributed by atoms with Crippen molar-refractivity contribution in [2.75, 3.05) is 11.9 Å². The van der Waals surface area contributed by atoms with Crippen molar-refractivity contribution in [1.29, 1.82) is 0 Å². The van der Waals surface area contributed by atoms with E-state index in [1.165, 1.54) is 54.6 Å². The Bertz CT molecular complexity index is 1480. The molecule has 0 atom stereocenters. The Morgan fingerprint density at radius 2 is 1.66 bits per heavy atom. The van der Waals surface area contributed by atoms with Crippen LogP contribution >= 0.6 is 34.8 Å². The maximum absolute atomic E-state index is 13.8. The predicted molar refractivity (Wildman–Crippen MR) is 129 cm³/mol. The highest BCUT2D eigenvalue weighted by Crippen LogP contribution is 2.38. The van der Waals surface area contributed by atoms with E-state index in [9.17, 15) is 22.8 Å². The van der Waals surface area contributed by atoms with E-state index in [0.29, 0.717) is 15.7 Å². The lowest BCUT2D eigenvalue weighted by Crippen LogP contribution is -2.20. The van der Waals surface area contributed by atoms with Crippen molar-refractivity contribution < 1.29 is 27.1 Å². The normalized spacial score (nSPS) is 11.5. The molecular weight excluding hydrogens is 530 g/mol. The minimum absolute atomic E-state index is 0.0108. The second-order valence-electron chi connectivity index (χ2n) is 7.26. The highest BCUT2D eigenvalue weighted by molar-refractivity contribution is 6.42. The van der Waals surface area contributed by atoms with Gasteiger partial charge in [-0.25, -0.2) is 0 Å². The van der Waals surface area contributed by atoms with Crippen LogP contribution < -0.4 is 15.5 Å². The minimum atomic E-state index is -4.95. The van der Waals surface area contributed by atoms with Gasteiger partial charge in [0, 0.05) is 16.8 Å². The first-order valence-electron chi connectivity index (χ1n) is 9.84. The molecule has 1 heterocycles. The van der Waals surface area contributed by atoms with E-state index in [4.69, 9.17) is 44.0 Å². The van der Waals surface area contributed by atoms with Crippen LogP contribution in [0.3, 0.4) is 0 Å². The third-order valence-corrected chi connectivity index (χ3v) is 5.82. The summed E-state index contributed by atoms with van der Waals surface area (Å²) in [6, 6.07) is 13.6. The van der Waals surface area contributed by atoms with Gasteiger partial charge >= 0.3 is 6.18 Å². The van der Waals surface area contributed by atoms with Gasteiger partial charge in [-0.15, -0.1) is 0 Å². The molecule has 0 saturated heterocycles. The molecule has 0 spiro atoms. The molecule has 1 aromatic heterocycles. The van der Waals surface area contributed by atoms with Crippen molar-refractivity contribution in [3.63, 3.8) is 0 Å². The number of carbonyl (C=O) groups is 1. The molecule has 0 unspecified atom stereocenters. The van der Waals surface area contributed by atoms with E-state index in [0.717, 1.165) is 6.07 Å². The predicted octanol–water partition coefficient (Wildman–Crippen LogP) is 7.46. The van der Waals surface area contributed by atoms with E-state index in [1.54, 1.807) is 0 Å². The summed E-state index contributed by atoms with van der Waals surface area (Å²) in [6.45, 7) is -0.467. The Morgan fingerprint density at radius 3 is 2.31 bits per heavy atom. The summed E-state index contributed by atoms with van der Waals surface area (Å²) < 4.78 is 51.8. The first kappa shape index (κ1) is 24.9. The van der Waals surface area contributed by atoms with Crippen molar-refractivity contribution in [3.05, 3.63) is 91.7 Å². The third kappa shape index (κ3) is 5.56. The van der Waals surface area contributed by atoms with Crippen LogP contribution in [0.5, 0.6) is 5.75 Å². The number of nitrogens with one attached hydrogen (secondary N) is 1. The average Bonchev–Trinajstić information content (AvgIpc) is 2.80. The number of halogens is 6. The van der Waals surface area contributed by atoms with Gasteiger partial charge in [-0.05, 0) is 48.0 Å². The number of rotatable bonds is 5.